The topological polar surface area (TPSA) is 84.3 Å². The van der Waals surface area contributed by atoms with Crippen LogP contribution in [0.1, 0.15) is 30.7 Å². The highest BCUT2D eigenvalue weighted by molar-refractivity contribution is 7.18. The van der Waals surface area contributed by atoms with Gasteiger partial charge in [0.1, 0.15) is 16.9 Å². The standard InChI is InChI=1S/C21H20N4O3S/c1-21(2)20(28)23-13-7-3-4-8-14(13)25(21)16(26)10-24-11-22-18-17(19(24)27)12-6-5-9-15(12)29-18/h3-4,7-8,11H,5-6,9-10H2,1-2H3,(H,23,28). The number of hydrogen-bond donors (Lipinski definition) is 1. The van der Waals surface area contributed by atoms with Crippen LogP contribution in [0.5, 0.6) is 0 Å². The number of rotatable bonds is 2. The van der Waals surface area contributed by atoms with Crippen molar-refractivity contribution in [2.45, 2.75) is 45.2 Å². The molecule has 1 N–H and O–H groups in total. The van der Waals surface area contributed by atoms with E-state index in [0.717, 1.165) is 29.7 Å². The molecule has 8 heteroatoms. The summed E-state index contributed by atoms with van der Waals surface area (Å²) in [6.45, 7) is 3.23. The summed E-state index contributed by atoms with van der Waals surface area (Å²) in [5, 5.41) is 3.49. The van der Waals surface area contributed by atoms with Crippen LogP contribution in [0, 0.1) is 0 Å². The van der Waals surface area contributed by atoms with Gasteiger partial charge in [0.2, 0.25) is 11.8 Å². The summed E-state index contributed by atoms with van der Waals surface area (Å²) in [6.07, 6.45) is 4.37. The molecule has 0 spiro atoms. The van der Waals surface area contributed by atoms with E-state index in [-0.39, 0.29) is 23.9 Å². The number of fused-ring (bicyclic) bond motifs is 4. The number of hydrogen-bond acceptors (Lipinski definition) is 5. The normalized spacial score (nSPS) is 17.2. The highest BCUT2D eigenvalue weighted by Gasteiger charge is 2.43. The monoisotopic (exact) mass is 408 g/mol. The number of amides is 2. The summed E-state index contributed by atoms with van der Waals surface area (Å²) in [7, 11) is 0. The molecule has 148 valence electrons. The lowest BCUT2D eigenvalue weighted by atomic mass is 9.96. The highest BCUT2D eigenvalue weighted by Crippen LogP contribution is 2.37. The van der Waals surface area contributed by atoms with Crippen molar-refractivity contribution in [2.75, 3.05) is 10.2 Å². The molecule has 0 saturated heterocycles. The number of carbonyl (C=O) groups is 2. The van der Waals surface area contributed by atoms with Crippen LogP contribution in [0.4, 0.5) is 11.4 Å². The molecule has 29 heavy (non-hydrogen) atoms. The Labute approximate surface area is 171 Å². The lowest BCUT2D eigenvalue weighted by Gasteiger charge is -2.42. The van der Waals surface area contributed by atoms with Crippen molar-refractivity contribution in [3.05, 3.63) is 51.4 Å². The zero-order valence-electron chi connectivity index (χ0n) is 16.2. The summed E-state index contributed by atoms with van der Waals surface area (Å²) in [6, 6.07) is 7.18. The molecular formula is C21H20N4O3S. The predicted octanol–water partition coefficient (Wildman–Crippen LogP) is 2.71. The minimum atomic E-state index is -1.07. The number of carbonyl (C=O) groups excluding carboxylic acids is 2. The van der Waals surface area contributed by atoms with Gasteiger partial charge in [-0.15, -0.1) is 11.3 Å². The molecular weight excluding hydrogens is 388 g/mol. The number of para-hydroxylation sites is 2. The van der Waals surface area contributed by atoms with E-state index >= 15 is 0 Å². The number of aromatic nitrogens is 2. The molecule has 1 aliphatic heterocycles. The molecule has 0 radical (unpaired) electrons. The molecule has 0 fully saturated rings. The smallest absolute Gasteiger partial charge is 0.262 e. The van der Waals surface area contributed by atoms with E-state index in [1.807, 2.05) is 6.07 Å². The third-order valence-electron chi connectivity index (χ3n) is 5.75. The number of benzene rings is 1. The van der Waals surface area contributed by atoms with E-state index in [4.69, 9.17) is 0 Å². The Morgan fingerprint density at radius 3 is 2.86 bits per heavy atom. The molecule has 2 aliphatic rings. The average Bonchev–Trinajstić information content (AvgIpc) is 3.26. The summed E-state index contributed by atoms with van der Waals surface area (Å²) in [5.41, 5.74) is 1.04. The largest absolute Gasteiger partial charge is 0.322 e. The van der Waals surface area contributed by atoms with Gasteiger partial charge in [0.25, 0.3) is 5.56 Å². The van der Waals surface area contributed by atoms with E-state index in [1.54, 1.807) is 43.4 Å². The van der Waals surface area contributed by atoms with E-state index in [9.17, 15) is 14.4 Å². The Kier molecular flexibility index (Phi) is 3.89. The molecule has 0 unspecified atom stereocenters. The first-order valence-corrected chi connectivity index (χ1v) is 10.4. The lowest BCUT2D eigenvalue weighted by molar-refractivity contribution is -0.126. The van der Waals surface area contributed by atoms with Crippen molar-refractivity contribution < 1.29 is 9.59 Å². The van der Waals surface area contributed by atoms with Crippen molar-refractivity contribution >= 4 is 44.7 Å². The number of aryl methyl sites for hydroxylation is 2. The molecule has 1 aromatic carbocycles. The van der Waals surface area contributed by atoms with Gasteiger partial charge in [0, 0.05) is 4.88 Å². The van der Waals surface area contributed by atoms with Gasteiger partial charge < -0.3 is 5.32 Å². The van der Waals surface area contributed by atoms with Crippen LogP contribution in [0.15, 0.2) is 35.4 Å². The van der Waals surface area contributed by atoms with Gasteiger partial charge in [-0.3, -0.25) is 23.9 Å². The lowest BCUT2D eigenvalue weighted by Crippen LogP contribution is -2.59. The van der Waals surface area contributed by atoms with Crippen LogP contribution >= 0.6 is 11.3 Å². The third-order valence-corrected chi connectivity index (χ3v) is 6.95. The Hall–Kier alpha value is -3.00. The van der Waals surface area contributed by atoms with Crippen LogP contribution in [0.25, 0.3) is 10.2 Å². The average molecular weight is 408 g/mol. The summed E-state index contributed by atoms with van der Waals surface area (Å²) < 4.78 is 1.36. The van der Waals surface area contributed by atoms with Crippen molar-refractivity contribution in [3.8, 4) is 0 Å². The summed E-state index contributed by atoms with van der Waals surface area (Å²) >= 11 is 1.57. The fourth-order valence-corrected chi connectivity index (χ4v) is 5.47. The number of thiophene rings is 1. The zero-order chi connectivity index (χ0) is 20.3. The Morgan fingerprint density at radius 1 is 1.24 bits per heavy atom. The maximum absolute atomic E-state index is 13.3. The molecule has 5 rings (SSSR count). The molecule has 2 aromatic heterocycles. The Bertz CT molecular complexity index is 1240. The number of anilines is 2. The zero-order valence-corrected chi connectivity index (χ0v) is 17.0. The van der Waals surface area contributed by atoms with Crippen LogP contribution < -0.4 is 15.8 Å². The van der Waals surface area contributed by atoms with Gasteiger partial charge >= 0.3 is 0 Å². The maximum atomic E-state index is 13.3. The molecule has 0 saturated carbocycles. The first kappa shape index (κ1) is 18.1. The van der Waals surface area contributed by atoms with E-state index in [1.165, 1.54) is 20.7 Å². The van der Waals surface area contributed by atoms with Gasteiger partial charge in [0.05, 0.1) is 23.1 Å². The van der Waals surface area contributed by atoms with Crippen molar-refractivity contribution in [3.63, 3.8) is 0 Å². The Morgan fingerprint density at radius 2 is 2.03 bits per heavy atom. The Balaban J connectivity index is 1.56. The second-order valence-electron chi connectivity index (χ2n) is 7.97. The molecule has 3 heterocycles. The van der Waals surface area contributed by atoms with Crippen LogP contribution in [0.3, 0.4) is 0 Å². The molecule has 2 amide bonds. The molecule has 0 bridgehead atoms. The van der Waals surface area contributed by atoms with Crippen molar-refractivity contribution in [1.29, 1.82) is 0 Å². The first-order valence-electron chi connectivity index (χ1n) is 9.61. The quantitative estimate of drug-likeness (QED) is 0.707. The van der Waals surface area contributed by atoms with E-state index < -0.39 is 5.54 Å². The van der Waals surface area contributed by atoms with Crippen molar-refractivity contribution in [1.82, 2.24) is 9.55 Å². The van der Waals surface area contributed by atoms with Gasteiger partial charge in [-0.25, -0.2) is 4.98 Å². The maximum Gasteiger partial charge on any atom is 0.262 e. The van der Waals surface area contributed by atoms with E-state index in [2.05, 4.69) is 10.3 Å². The number of nitrogens with one attached hydrogen (secondary N) is 1. The van der Waals surface area contributed by atoms with Gasteiger partial charge in [-0.2, -0.15) is 0 Å². The fourth-order valence-electron chi connectivity index (χ4n) is 4.25. The van der Waals surface area contributed by atoms with Crippen LogP contribution in [0.2, 0.25) is 0 Å². The molecule has 1 aliphatic carbocycles. The van der Waals surface area contributed by atoms with Gasteiger partial charge in [-0.1, -0.05) is 12.1 Å². The van der Waals surface area contributed by atoms with E-state index in [0.29, 0.717) is 16.8 Å². The third kappa shape index (κ3) is 2.62. The van der Waals surface area contributed by atoms with Gasteiger partial charge in [-0.05, 0) is 50.8 Å². The minimum absolute atomic E-state index is 0.169. The molecule has 7 nitrogen and oxygen atoms in total. The van der Waals surface area contributed by atoms with Crippen LogP contribution in [-0.4, -0.2) is 26.9 Å². The minimum Gasteiger partial charge on any atom is -0.322 e. The van der Waals surface area contributed by atoms with Crippen molar-refractivity contribution in [2.24, 2.45) is 0 Å². The second-order valence-corrected chi connectivity index (χ2v) is 9.06. The summed E-state index contributed by atoms with van der Waals surface area (Å²) in [5.74, 6) is -0.589. The molecule has 0 atom stereocenters. The first-order chi connectivity index (χ1) is 13.9. The highest BCUT2D eigenvalue weighted by atomic mass is 32.1. The SMILES string of the molecule is CC1(C)C(=O)Nc2ccccc2N1C(=O)Cn1cnc2sc3c(c2c1=O)CCC3. The van der Waals surface area contributed by atoms with Crippen LogP contribution in [-0.2, 0) is 29.0 Å². The van der Waals surface area contributed by atoms with Gasteiger partial charge in [0.15, 0.2) is 0 Å². The second kappa shape index (κ2) is 6.25. The molecule has 3 aromatic rings. The predicted molar refractivity (Wildman–Crippen MR) is 113 cm³/mol. The fraction of sp³-hybridized carbons (Fsp3) is 0.333. The summed E-state index contributed by atoms with van der Waals surface area (Å²) in [4.78, 5) is 46.9. The number of nitrogens with zero attached hydrogens (tertiary/aromatic N) is 3.